The van der Waals surface area contributed by atoms with E-state index in [1.165, 1.54) is 30.4 Å². The first-order chi connectivity index (χ1) is 10.5. The van der Waals surface area contributed by atoms with E-state index >= 15 is 0 Å². The van der Waals surface area contributed by atoms with Crippen LogP contribution >= 0.6 is 0 Å². The van der Waals surface area contributed by atoms with Crippen molar-refractivity contribution in [1.29, 1.82) is 0 Å². The number of aryl methyl sites for hydroxylation is 3. The smallest absolute Gasteiger partial charge is 0.318 e. The van der Waals surface area contributed by atoms with Crippen LogP contribution in [0.25, 0.3) is 0 Å². The fourth-order valence-electron chi connectivity index (χ4n) is 3.21. The molecule has 0 radical (unpaired) electrons. The SMILES string of the molecule is C=CCN(C(=O)Nc1cc(C)c(C)cc1C)C1CCCCC1. The van der Waals surface area contributed by atoms with Gasteiger partial charge in [0.2, 0.25) is 0 Å². The van der Waals surface area contributed by atoms with E-state index in [9.17, 15) is 4.79 Å². The maximum atomic E-state index is 12.7. The fraction of sp³-hybridized carbons (Fsp3) is 0.526. The normalized spacial score (nSPS) is 15.4. The van der Waals surface area contributed by atoms with Gasteiger partial charge in [0.05, 0.1) is 0 Å². The maximum Gasteiger partial charge on any atom is 0.322 e. The lowest BCUT2D eigenvalue weighted by molar-refractivity contribution is 0.176. The van der Waals surface area contributed by atoms with Crippen LogP contribution in [0.2, 0.25) is 0 Å². The number of anilines is 1. The van der Waals surface area contributed by atoms with Gasteiger partial charge in [0.1, 0.15) is 0 Å². The van der Waals surface area contributed by atoms with Gasteiger partial charge >= 0.3 is 6.03 Å². The number of amides is 2. The number of urea groups is 1. The van der Waals surface area contributed by atoms with Crippen LogP contribution < -0.4 is 5.32 Å². The molecule has 0 saturated heterocycles. The topological polar surface area (TPSA) is 32.3 Å². The number of hydrogen-bond donors (Lipinski definition) is 1. The van der Waals surface area contributed by atoms with Gasteiger partial charge in [0, 0.05) is 18.3 Å². The van der Waals surface area contributed by atoms with Crippen LogP contribution in [0.4, 0.5) is 10.5 Å². The van der Waals surface area contributed by atoms with Gasteiger partial charge < -0.3 is 10.2 Å². The predicted molar refractivity (Wildman–Crippen MR) is 93.4 cm³/mol. The van der Waals surface area contributed by atoms with Gasteiger partial charge in [0.25, 0.3) is 0 Å². The van der Waals surface area contributed by atoms with Crippen molar-refractivity contribution in [3.63, 3.8) is 0 Å². The summed E-state index contributed by atoms with van der Waals surface area (Å²) in [6.07, 6.45) is 7.75. The number of carbonyl (C=O) groups excluding carboxylic acids is 1. The number of nitrogens with one attached hydrogen (secondary N) is 1. The van der Waals surface area contributed by atoms with E-state index in [2.05, 4.69) is 37.9 Å². The summed E-state index contributed by atoms with van der Waals surface area (Å²) in [6, 6.07) is 4.54. The Bertz CT molecular complexity index is 545. The molecule has 1 aliphatic rings. The standard InChI is InChI=1S/C19H28N2O/c1-5-11-21(17-9-7-6-8-10-17)19(22)20-18-13-15(3)14(2)12-16(18)4/h5,12-13,17H,1,6-11H2,2-4H3,(H,20,22). The van der Waals surface area contributed by atoms with Crippen LogP contribution in [0.1, 0.15) is 48.8 Å². The van der Waals surface area contributed by atoms with Gasteiger partial charge in [-0.2, -0.15) is 0 Å². The Morgan fingerprint density at radius 1 is 1.18 bits per heavy atom. The van der Waals surface area contributed by atoms with Crippen LogP contribution in [-0.4, -0.2) is 23.5 Å². The molecule has 1 aromatic rings. The first-order valence-corrected chi connectivity index (χ1v) is 8.29. The van der Waals surface area contributed by atoms with E-state index in [-0.39, 0.29) is 6.03 Å². The summed E-state index contributed by atoms with van der Waals surface area (Å²) in [6.45, 7) is 10.6. The lowest BCUT2D eigenvalue weighted by Gasteiger charge is -2.33. The maximum absolute atomic E-state index is 12.7. The number of rotatable bonds is 4. The molecule has 0 aliphatic heterocycles. The average molecular weight is 300 g/mol. The second kappa shape index (κ2) is 7.48. The van der Waals surface area contributed by atoms with Gasteiger partial charge in [-0.25, -0.2) is 4.79 Å². The Hall–Kier alpha value is -1.77. The highest BCUT2D eigenvalue weighted by molar-refractivity contribution is 5.90. The molecular formula is C19H28N2O. The van der Waals surface area contributed by atoms with Crippen molar-refractivity contribution in [2.75, 3.05) is 11.9 Å². The van der Waals surface area contributed by atoms with E-state index in [1.54, 1.807) is 0 Å². The highest BCUT2D eigenvalue weighted by Gasteiger charge is 2.24. The van der Waals surface area contributed by atoms with Crippen molar-refractivity contribution in [2.45, 2.75) is 58.9 Å². The molecule has 2 rings (SSSR count). The molecule has 1 fully saturated rings. The summed E-state index contributed by atoms with van der Waals surface area (Å²) >= 11 is 0. The van der Waals surface area contributed by atoms with Gasteiger partial charge in [-0.3, -0.25) is 0 Å². The molecule has 0 unspecified atom stereocenters. The van der Waals surface area contributed by atoms with Crippen LogP contribution in [0.15, 0.2) is 24.8 Å². The second-order valence-electron chi connectivity index (χ2n) is 6.41. The largest absolute Gasteiger partial charge is 0.322 e. The average Bonchev–Trinajstić information content (AvgIpc) is 2.51. The summed E-state index contributed by atoms with van der Waals surface area (Å²) < 4.78 is 0. The van der Waals surface area contributed by atoms with E-state index in [1.807, 2.05) is 17.9 Å². The minimum absolute atomic E-state index is 0.00171. The van der Waals surface area contributed by atoms with E-state index in [0.717, 1.165) is 24.1 Å². The van der Waals surface area contributed by atoms with E-state index in [4.69, 9.17) is 0 Å². The molecule has 120 valence electrons. The van der Waals surface area contributed by atoms with Crippen LogP contribution in [0.3, 0.4) is 0 Å². The first-order valence-electron chi connectivity index (χ1n) is 8.29. The van der Waals surface area contributed by atoms with Crippen molar-refractivity contribution in [3.05, 3.63) is 41.5 Å². The summed E-state index contributed by atoms with van der Waals surface area (Å²) in [5.74, 6) is 0. The molecule has 0 aromatic heterocycles. The van der Waals surface area contributed by atoms with Crippen LogP contribution in [0.5, 0.6) is 0 Å². The van der Waals surface area contributed by atoms with Gasteiger partial charge in [-0.05, 0) is 56.4 Å². The zero-order valence-electron chi connectivity index (χ0n) is 14.1. The van der Waals surface area contributed by atoms with Crippen molar-refractivity contribution in [2.24, 2.45) is 0 Å². The van der Waals surface area contributed by atoms with Crippen LogP contribution in [-0.2, 0) is 0 Å². The highest BCUT2D eigenvalue weighted by Crippen LogP contribution is 2.25. The summed E-state index contributed by atoms with van der Waals surface area (Å²) in [5.41, 5.74) is 4.48. The Morgan fingerprint density at radius 3 is 2.45 bits per heavy atom. The van der Waals surface area contributed by atoms with Gasteiger partial charge in [0.15, 0.2) is 0 Å². The lowest BCUT2D eigenvalue weighted by atomic mass is 9.94. The molecular weight excluding hydrogens is 272 g/mol. The zero-order valence-corrected chi connectivity index (χ0v) is 14.1. The molecule has 0 bridgehead atoms. The van der Waals surface area contributed by atoms with Gasteiger partial charge in [-0.15, -0.1) is 6.58 Å². The van der Waals surface area contributed by atoms with Crippen LogP contribution in [0, 0.1) is 20.8 Å². The minimum atomic E-state index is -0.00171. The van der Waals surface area contributed by atoms with Crippen molar-refractivity contribution in [3.8, 4) is 0 Å². The fourth-order valence-corrected chi connectivity index (χ4v) is 3.21. The van der Waals surface area contributed by atoms with E-state index in [0.29, 0.717) is 12.6 Å². The molecule has 0 spiro atoms. The molecule has 22 heavy (non-hydrogen) atoms. The third-order valence-corrected chi connectivity index (χ3v) is 4.68. The summed E-state index contributed by atoms with van der Waals surface area (Å²) in [5, 5.41) is 3.10. The van der Waals surface area contributed by atoms with Crippen molar-refractivity contribution in [1.82, 2.24) is 4.90 Å². The number of nitrogens with zero attached hydrogens (tertiary/aromatic N) is 1. The zero-order chi connectivity index (χ0) is 16.1. The number of hydrogen-bond acceptors (Lipinski definition) is 1. The molecule has 0 atom stereocenters. The molecule has 1 aliphatic carbocycles. The molecule has 3 heteroatoms. The highest BCUT2D eigenvalue weighted by atomic mass is 16.2. The molecule has 0 heterocycles. The number of benzene rings is 1. The first kappa shape index (κ1) is 16.6. The molecule has 1 N–H and O–H groups in total. The third kappa shape index (κ3) is 3.90. The minimum Gasteiger partial charge on any atom is -0.318 e. The Kier molecular flexibility index (Phi) is 5.64. The lowest BCUT2D eigenvalue weighted by Crippen LogP contribution is -2.44. The molecule has 1 saturated carbocycles. The van der Waals surface area contributed by atoms with E-state index < -0.39 is 0 Å². The Balaban J connectivity index is 2.13. The summed E-state index contributed by atoms with van der Waals surface area (Å²) in [4.78, 5) is 14.7. The summed E-state index contributed by atoms with van der Waals surface area (Å²) in [7, 11) is 0. The third-order valence-electron chi connectivity index (χ3n) is 4.68. The molecule has 1 aromatic carbocycles. The molecule has 3 nitrogen and oxygen atoms in total. The van der Waals surface area contributed by atoms with Crippen molar-refractivity contribution < 1.29 is 4.79 Å². The predicted octanol–water partition coefficient (Wildman–Crippen LogP) is 4.96. The van der Waals surface area contributed by atoms with Crippen molar-refractivity contribution >= 4 is 11.7 Å². The quantitative estimate of drug-likeness (QED) is 0.783. The Morgan fingerprint density at radius 2 is 1.82 bits per heavy atom. The Labute approximate surface area is 134 Å². The number of carbonyl (C=O) groups is 1. The monoisotopic (exact) mass is 300 g/mol. The second-order valence-corrected chi connectivity index (χ2v) is 6.41. The molecule has 2 amide bonds. The van der Waals surface area contributed by atoms with Gasteiger partial charge in [-0.1, -0.05) is 31.4 Å².